The van der Waals surface area contributed by atoms with Gasteiger partial charge in [-0.3, -0.25) is 4.79 Å². The Balaban J connectivity index is 2.05. The smallest absolute Gasteiger partial charge is 0.187 e. The third-order valence-electron chi connectivity index (χ3n) is 3.00. The molecule has 22 heavy (non-hydrogen) atoms. The van der Waals surface area contributed by atoms with E-state index in [9.17, 15) is 9.18 Å². The molecule has 0 atom stereocenters. The lowest BCUT2D eigenvalue weighted by Crippen LogP contribution is -1.98. The molecular formula is C17H16FNO3. The van der Waals surface area contributed by atoms with Gasteiger partial charge in [-0.2, -0.15) is 0 Å². The van der Waals surface area contributed by atoms with E-state index in [0.717, 1.165) is 0 Å². The average molecular weight is 301 g/mol. The molecule has 5 heteroatoms. The largest absolute Gasteiger partial charge is 0.493 e. The van der Waals surface area contributed by atoms with Gasteiger partial charge in [0.2, 0.25) is 0 Å². The molecular weight excluding hydrogens is 285 g/mol. The summed E-state index contributed by atoms with van der Waals surface area (Å²) in [5.41, 5.74) is 1.17. The minimum Gasteiger partial charge on any atom is -0.493 e. The molecule has 114 valence electrons. The van der Waals surface area contributed by atoms with Crippen LogP contribution in [0.15, 0.2) is 54.7 Å². The fourth-order valence-electron chi connectivity index (χ4n) is 1.85. The van der Waals surface area contributed by atoms with Gasteiger partial charge in [0.15, 0.2) is 17.3 Å². The first-order valence-corrected chi connectivity index (χ1v) is 6.59. The second-order valence-corrected chi connectivity index (χ2v) is 4.42. The number of benzene rings is 2. The zero-order chi connectivity index (χ0) is 15.9. The SMILES string of the molecule is COc1ccc(C(=O)/C=C/Nc2ccc(F)cc2)cc1OC. The normalized spacial score (nSPS) is 10.5. The second-order valence-electron chi connectivity index (χ2n) is 4.42. The van der Waals surface area contributed by atoms with E-state index in [4.69, 9.17) is 9.47 Å². The van der Waals surface area contributed by atoms with Crippen LogP contribution in [0.1, 0.15) is 10.4 Å². The molecule has 0 unspecified atom stereocenters. The number of ether oxygens (including phenoxy) is 2. The fraction of sp³-hybridized carbons (Fsp3) is 0.118. The summed E-state index contributed by atoms with van der Waals surface area (Å²) in [6, 6.07) is 10.8. The Hall–Kier alpha value is -2.82. The topological polar surface area (TPSA) is 47.6 Å². The van der Waals surface area contributed by atoms with Gasteiger partial charge in [-0.25, -0.2) is 4.39 Å². The minimum absolute atomic E-state index is 0.185. The molecule has 2 aromatic carbocycles. The van der Waals surface area contributed by atoms with Crippen LogP contribution in [0.25, 0.3) is 0 Å². The van der Waals surface area contributed by atoms with E-state index < -0.39 is 0 Å². The van der Waals surface area contributed by atoms with Crippen LogP contribution in [0, 0.1) is 5.82 Å². The van der Waals surface area contributed by atoms with Crippen LogP contribution in [0.5, 0.6) is 11.5 Å². The Morgan fingerprint density at radius 1 is 1.05 bits per heavy atom. The summed E-state index contributed by atoms with van der Waals surface area (Å²) in [5.74, 6) is 0.562. The molecule has 0 saturated carbocycles. The first kappa shape index (κ1) is 15.6. The number of halogens is 1. The number of nitrogens with one attached hydrogen (secondary N) is 1. The number of rotatable bonds is 6. The summed E-state index contributed by atoms with van der Waals surface area (Å²) >= 11 is 0. The molecule has 0 saturated heterocycles. The molecule has 0 spiro atoms. The summed E-state index contributed by atoms with van der Waals surface area (Å²) in [4.78, 5) is 12.1. The van der Waals surface area contributed by atoms with Crippen molar-refractivity contribution < 1.29 is 18.7 Å². The Morgan fingerprint density at radius 3 is 2.36 bits per heavy atom. The first-order chi connectivity index (χ1) is 10.6. The van der Waals surface area contributed by atoms with Crippen molar-refractivity contribution in [2.24, 2.45) is 0 Å². The summed E-state index contributed by atoms with van der Waals surface area (Å²) in [5, 5.41) is 2.90. The van der Waals surface area contributed by atoms with E-state index in [1.807, 2.05) is 0 Å². The maximum absolute atomic E-state index is 12.8. The van der Waals surface area contributed by atoms with Crippen molar-refractivity contribution in [3.63, 3.8) is 0 Å². The van der Waals surface area contributed by atoms with Crippen LogP contribution in [0.4, 0.5) is 10.1 Å². The zero-order valence-corrected chi connectivity index (χ0v) is 12.3. The highest BCUT2D eigenvalue weighted by Crippen LogP contribution is 2.27. The molecule has 0 aliphatic heterocycles. The maximum atomic E-state index is 12.8. The molecule has 0 bridgehead atoms. The maximum Gasteiger partial charge on any atom is 0.187 e. The van der Waals surface area contributed by atoms with Gasteiger partial charge in [0.05, 0.1) is 14.2 Å². The summed E-state index contributed by atoms with van der Waals surface area (Å²) in [7, 11) is 3.05. The van der Waals surface area contributed by atoms with Crippen LogP contribution in [-0.4, -0.2) is 20.0 Å². The van der Waals surface area contributed by atoms with Crippen molar-refractivity contribution in [2.75, 3.05) is 19.5 Å². The first-order valence-electron chi connectivity index (χ1n) is 6.59. The highest BCUT2D eigenvalue weighted by atomic mass is 19.1. The van der Waals surface area contributed by atoms with Crippen molar-refractivity contribution in [2.45, 2.75) is 0 Å². The lowest BCUT2D eigenvalue weighted by atomic mass is 10.1. The Bertz CT molecular complexity index is 681. The molecule has 0 fully saturated rings. The number of hydrogen-bond acceptors (Lipinski definition) is 4. The quantitative estimate of drug-likeness (QED) is 0.653. The number of carbonyl (C=O) groups is 1. The van der Waals surface area contributed by atoms with E-state index in [0.29, 0.717) is 22.7 Å². The van der Waals surface area contributed by atoms with Gasteiger partial charge >= 0.3 is 0 Å². The zero-order valence-electron chi connectivity index (χ0n) is 12.3. The number of anilines is 1. The second kappa shape index (κ2) is 7.26. The van der Waals surface area contributed by atoms with Gasteiger partial charge in [-0.05, 0) is 42.5 Å². The van der Waals surface area contributed by atoms with Gasteiger partial charge in [-0.1, -0.05) is 0 Å². The van der Waals surface area contributed by atoms with Crippen molar-refractivity contribution >= 4 is 11.5 Å². The van der Waals surface area contributed by atoms with Crippen molar-refractivity contribution in [3.05, 3.63) is 66.1 Å². The summed E-state index contributed by atoms with van der Waals surface area (Å²) in [6.07, 6.45) is 2.90. The number of methoxy groups -OCH3 is 2. The summed E-state index contributed by atoms with van der Waals surface area (Å²) < 4.78 is 23.1. The highest BCUT2D eigenvalue weighted by Gasteiger charge is 2.08. The molecule has 4 nitrogen and oxygen atoms in total. The molecule has 0 amide bonds. The molecule has 0 radical (unpaired) electrons. The van der Waals surface area contributed by atoms with Crippen LogP contribution >= 0.6 is 0 Å². The lowest BCUT2D eigenvalue weighted by Gasteiger charge is -2.08. The van der Waals surface area contributed by atoms with Gasteiger partial charge < -0.3 is 14.8 Å². The van der Waals surface area contributed by atoms with Crippen LogP contribution in [0.2, 0.25) is 0 Å². The Morgan fingerprint density at radius 2 is 1.73 bits per heavy atom. The molecule has 0 aromatic heterocycles. The number of carbonyl (C=O) groups excluding carboxylic acids is 1. The number of allylic oxidation sites excluding steroid dienone is 1. The monoisotopic (exact) mass is 301 g/mol. The van der Waals surface area contributed by atoms with E-state index >= 15 is 0 Å². The van der Waals surface area contributed by atoms with Crippen LogP contribution in [-0.2, 0) is 0 Å². The van der Waals surface area contributed by atoms with Crippen molar-refractivity contribution in [1.82, 2.24) is 0 Å². The molecule has 1 N–H and O–H groups in total. The number of ketones is 1. The third kappa shape index (κ3) is 3.85. The standard InChI is InChI=1S/C17H16FNO3/c1-21-16-8-3-12(11-17(16)22-2)15(20)9-10-19-14-6-4-13(18)5-7-14/h3-11,19H,1-2H3/b10-9+. The van der Waals surface area contributed by atoms with Crippen LogP contribution in [0.3, 0.4) is 0 Å². The highest BCUT2D eigenvalue weighted by molar-refractivity contribution is 6.05. The van der Waals surface area contributed by atoms with E-state index in [1.165, 1.54) is 38.6 Å². The van der Waals surface area contributed by atoms with E-state index in [2.05, 4.69) is 5.32 Å². The molecule has 0 aliphatic rings. The van der Waals surface area contributed by atoms with E-state index in [-0.39, 0.29) is 11.6 Å². The average Bonchev–Trinajstić information content (AvgIpc) is 2.55. The van der Waals surface area contributed by atoms with Crippen molar-refractivity contribution in [3.8, 4) is 11.5 Å². The van der Waals surface area contributed by atoms with Gasteiger partial charge in [0.1, 0.15) is 5.82 Å². The lowest BCUT2D eigenvalue weighted by molar-refractivity contribution is 0.104. The summed E-state index contributed by atoms with van der Waals surface area (Å²) in [6.45, 7) is 0. The Kier molecular flexibility index (Phi) is 5.14. The molecule has 2 aromatic rings. The minimum atomic E-state index is -0.309. The molecule has 2 rings (SSSR count). The van der Waals surface area contributed by atoms with Gasteiger partial charge in [0, 0.05) is 23.5 Å². The number of hydrogen-bond donors (Lipinski definition) is 1. The Labute approximate surface area is 128 Å². The molecule has 0 aliphatic carbocycles. The van der Waals surface area contributed by atoms with E-state index in [1.54, 1.807) is 30.3 Å². The van der Waals surface area contributed by atoms with Crippen LogP contribution < -0.4 is 14.8 Å². The van der Waals surface area contributed by atoms with Gasteiger partial charge in [-0.15, -0.1) is 0 Å². The van der Waals surface area contributed by atoms with Crippen molar-refractivity contribution in [1.29, 1.82) is 0 Å². The van der Waals surface area contributed by atoms with Gasteiger partial charge in [0.25, 0.3) is 0 Å². The molecule has 0 heterocycles. The predicted molar refractivity (Wildman–Crippen MR) is 83.0 cm³/mol. The third-order valence-corrected chi connectivity index (χ3v) is 3.00. The fourth-order valence-corrected chi connectivity index (χ4v) is 1.85. The predicted octanol–water partition coefficient (Wildman–Crippen LogP) is 3.65.